The number of halogens is 1. The molecule has 1 aliphatic rings. The molecule has 1 amide bonds. The first kappa shape index (κ1) is 15.5. The summed E-state index contributed by atoms with van der Waals surface area (Å²) in [6, 6.07) is 0.0570. The summed E-state index contributed by atoms with van der Waals surface area (Å²) in [6.07, 6.45) is 1.18. The van der Waals surface area contributed by atoms with Gasteiger partial charge in [0.25, 0.3) is 0 Å². The van der Waals surface area contributed by atoms with E-state index in [0.717, 1.165) is 12.8 Å². The van der Waals surface area contributed by atoms with Crippen molar-refractivity contribution in [2.24, 2.45) is 5.92 Å². The van der Waals surface area contributed by atoms with Crippen LogP contribution in [0.1, 0.15) is 40.5 Å². The molecule has 0 aromatic rings. The van der Waals surface area contributed by atoms with E-state index in [4.69, 9.17) is 4.74 Å². The number of ketones is 1. The standard InChI is InChI=1S/C13H22BrNO3/c1-9-7-10(11(16)8-14)5-6-15(9)12(17)18-13(2,3)4/h9-10H,5-8H2,1-4H3. The summed E-state index contributed by atoms with van der Waals surface area (Å²) in [4.78, 5) is 25.3. The molecule has 2 atom stereocenters. The molecule has 1 aliphatic heterocycles. The fourth-order valence-corrected chi connectivity index (χ4v) is 2.62. The van der Waals surface area contributed by atoms with E-state index >= 15 is 0 Å². The highest BCUT2D eigenvalue weighted by atomic mass is 79.9. The third-order valence-corrected chi connectivity index (χ3v) is 3.64. The Morgan fingerprint density at radius 1 is 1.39 bits per heavy atom. The summed E-state index contributed by atoms with van der Waals surface area (Å²) < 4.78 is 5.36. The fraction of sp³-hybridized carbons (Fsp3) is 0.846. The van der Waals surface area contributed by atoms with Gasteiger partial charge < -0.3 is 9.64 Å². The monoisotopic (exact) mass is 319 g/mol. The minimum Gasteiger partial charge on any atom is -0.444 e. The summed E-state index contributed by atoms with van der Waals surface area (Å²) in [6.45, 7) is 8.14. The summed E-state index contributed by atoms with van der Waals surface area (Å²) in [5, 5.41) is 0.400. The highest BCUT2D eigenvalue weighted by Gasteiger charge is 2.33. The summed E-state index contributed by atoms with van der Waals surface area (Å²) >= 11 is 3.20. The molecule has 0 aromatic heterocycles. The predicted molar refractivity (Wildman–Crippen MR) is 73.9 cm³/mol. The van der Waals surface area contributed by atoms with Gasteiger partial charge >= 0.3 is 6.09 Å². The molecule has 0 aliphatic carbocycles. The molecule has 0 spiro atoms. The van der Waals surface area contributed by atoms with Crippen LogP contribution in [0, 0.1) is 5.92 Å². The van der Waals surface area contributed by atoms with Gasteiger partial charge in [0.05, 0.1) is 5.33 Å². The van der Waals surface area contributed by atoms with Gasteiger partial charge in [0, 0.05) is 18.5 Å². The topological polar surface area (TPSA) is 46.6 Å². The number of Topliss-reactive ketones (excluding diaryl/α,β-unsaturated/α-hetero) is 1. The van der Waals surface area contributed by atoms with Crippen LogP contribution in [-0.2, 0) is 9.53 Å². The third-order valence-electron chi connectivity index (χ3n) is 3.09. The van der Waals surface area contributed by atoms with Crippen LogP contribution < -0.4 is 0 Å². The van der Waals surface area contributed by atoms with Gasteiger partial charge in [-0.15, -0.1) is 0 Å². The minimum absolute atomic E-state index is 0.0570. The first-order chi connectivity index (χ1) is 8.24. The van der Waals surface area contributed by atoms with Gasteiger partial charge in [0.15, 0.2) is 0 Å². The molecule has 1 saturated heterocycles. The number of rotatable bonds is 2. The van der Waals surface area contributed by atoms with Crippen molar-refractivity contribution in [3.63, 3.8) is 0 Å². The van der Waals surface area contributed by atoms with Crippen molar-refractivity contribution >= 4 is 27.8 Å². The molecule has 0 radical (unpaired) electrons. The Labute approximate surface area is 117 Å². The van der Waals surface area contributed by atoms with Crippen molar-refractivity contribution in [1.29, 1.82) is 0 Å². The lowest BCUT2D eigenvalue weighted by molar-refractivity contribution is -0.122. The largest absolute Gasteiger partial charge is 0.444 e. The van der Waals surface area contributed by atoms with E-state index < -0.39 is 5.60 Å². The second-order valence-corrected chi connectivity index (χ2v) is 6.40. The van der Waals surface area contributed by atoms with Crippen LogP contribution in [0.4, 0.5) is 4.79 Å². The number of hydrogen-bond donors (Lipinski definition) is 0. The molecule has 1 heterocycles. The second-order valence-electron chi connectivity index (χ2n) is 5.84. The van der Waals surface area contributed by atoms with E-state index in [9.17, 15) is 9.59 Å². The van der Waals surface area contributed by atoms with Gasteiger partial charge in [-0.05, 0) is 40.5 Å². The minimum atomic E-state index is -0.473. The van der Waals surface area contributed by atoms with Crippen molar-refractivity contribution in [2.75, 3.05) is 11.9 Å². The SMILES string of the molecule is CC1CC(C(=O)CBr)CCN1C(=O)OC(C)(C)C. The maximum absolute atomic E-state index is 12.0. The molecule has 18 heavy (non-hydrogen) atoms. The Kier molecular flexibility index (Phi) is 5.20. The van der Waals surface area contributed by atoms with Crippen molar-refractivity contribution in [1.82, 2.24) is 4.90 Å². The van der Waals surface area contributed by atoms with E-state index in [1.54, 1.807) is 4.90 Å². The van der Waals surface area contributed by atoms with Crippen molar-refractivity contribution < 1.29 is 14.3 Å². The first-order valence-electron chi connectivity index (χ1n) is 6.33. The Balaban J connectivity index is 2.57. The average Bonchev–Trinajstić information content (AvgIpc) is 2.25. The van der Waals surface area contributed by atoms with E-state index in [2.05, 4.69) is 15.9 Å². The summed E-state index contributed by atoms with van der Waals surface area (Å²) in [5.41, 5.74) is -0.473. The van der Waals surface area contributed by atoms with Crippen LogP contribution in [0.5, 0.6) is 0 Å². The molecule has 2 unspecified atom stereocenters. The molecule has 0 N–H and O–H groups in total. The molecular weight excluding hydrogens is 298 g/mol. The van der Waals surface area contributed by atoms with Crippen LogP contribution in [0.15, 0.2) is 0 Å². The smallest absolute Gasteiger partial charge is 0.410 e. The maximum Gasteiger partial charge on any atom is 0.410 e. The normalized spacial score (nSPS) is 24.8. The summed E-state index contributed by atoms with van der Waals surface area (Å²) in [5.74, 6) is 0.295. The van der Waals surface area contributed by atoms with Gasteiger partial charge in [-0.1, -0.05) is 15.9 Å². The lowest BCUT2D eigenvalue weighted by Gasteiger charge is -2.37. The number of nitrogens with zero attached hydrogens (tertiary/aromatic N) is 1. The summed E-state index contributed by atoms with van der Waals surface area (Å²) in [7, 11) is 0. The number of carbonyl (C=O) groups excluding carboxylic acids is 2. The lowest BCUT2D eigenvalue weighted by atomic mass is 9.89. The Morgan fingerprint density at radius 3 is 2.44 bits per heavy atom. The van der Waals surface area contributed by atoms with Crippen LogP contribution in [0.2, 0.25) is 0 Å². The van der Waals surface area contributed by atoms with E-state index in [0.29, 0.717) is 11.9 Å². The van der Waals surface area contributed by atoms with E-state index in [-0.39, 0.29) is 23.8 Å². The second kappa shape index (κ2) is 6.04. The van der Waals surface area contributed by atoms with Gasteiger partial charge in [-0.25, -0.2) is 4.79 Å². The maximum atomic E-state index is 12.0. The zero-order chi connectivity index (χ0) is 13.9. The predicted octanol–water partition coefficient (Wildman–Crippen LogP) is 2.99. The molecule has 0 saturated carbocycles. The zero-order valence-electron chi connectivity index (χ0n) is 11.5. The molecule has 0 aromatic carbocycles. The molecule has 104 valence electrons. The number of piperidine rings is 1. The first-order valence-corrected chi connectivity index (χ1v) is 7.45. The van der Waals surface area contributed by atoms with Gasteiger partial charge in [-0.2, -0.15) is 0 Å². The van der Waals surface area contributed by atoms with Crippen molar-refractivity contribution in [3.05, 3.63) is 0 Å². The van der Waals surface area contributed by atoms with E-state index in [1.807, 2.05) is 27.7 Å². The molecular formula is C13H22BrNO3. The number of likely N-dealkylation sites (tertiary alicyclic amines) is 1. The van der Waals surface area contributed by atoms with Crippen molar-refractivity contribution in [3.8, 4) is 0 Å². The molecule has 0 bridgehead atoms. The Morgan fingerprint density at radius 2 is 2.00 bits per heavy atom. The molecule has 1 rings (SSSR count). The van der Waals surface area contributed by atoms with Crippen LogP contribution >= 0.6 is 15.9 Å². The number of amides is 1. The molecule has 5 heteroatoms. The number of alkyl halides is 1. The average molecular weight is 320 g/mol. The molecule has 1 fully saturated rings. The molecule has 4 nitrogen and oxygen atoms in total. The third kappa shape index (κ3) is 4.26. The van der Waals surface area contributed by atoms with Crippen molar-refractivity contribution in [2.45, 2.75) is 52.2 Å². The zero-order valence-corrected chi connectivity index (χ0v) is 13.1. The highest BCUT2D eigenvalue weighted by molar-refractivity contribution is 9.09. The van der Waals surface area contributed by atoms with Gasteiger partial charge in [0.2, 0.25) is 0 Å². The highest BCUT2D eigenvalue weighted by Crippen LogP contribution is 2.25. The van der Waals surface area contributed by atoms with Crippen LogP contribution in [-0.4, -0.2) is 40.3 Å². The number of carbonyl (C=O) groups is 2. The number of ether oxygens (including phenoxy) is 1. The van der Waals surface area contributed by atoms with Crippen LogP contribution in [0.25, 0.3) is 0 Å². The Bertz CT molecular complexity index is 325. The van der Waals surface area contributed by atoms with E-state index in [1.165, 1.54) is 0 Å². The number of hydrogen-bond acceptors (Lipinski definition) is 3. The lowest BCUT2D eigenvalue weighted by Crippen LogP contribution is -2.48. The van der Waals surface area contributed by atoms with Crippen LogP contribution in [0.3, 0.4) is 0 Å². The Hall–Kier alpha value is -0.580. The fourth-order valence-electron chi connectivity index (χ4n) is 2.17. The van der Waals surface area contributed by atoms with Gasteiger partial charge in [0.1, 0.15) is 11.4 Å². The quantitative estimate of drug-likeness (QED) is 0.735. The van der Waals surface area contributed by atoms with Gasteiger partial charge in [-0.3, -0.25) is 4.79 Å².